The van der Waals surface area contributed by atoms with E-state index in [2.05, 4.69) is 10.6 Å². The molecule has 0 spiro atoms. The van der Waals surface area contributed by atoms with E-state index in [1.54, 1.807) is 38.2 Å². The van der Waals surface area contributed by atoms with Crippen molar-refractivity contribution in [2.45, 2.75) is 13.5 Å². The van der Waals surface area contributed by atoms with Gasteiger partial charge < -0.3 is 5.32 Å². The minimum absolute atomic E-state index is 0.220. The van der Waals surface area contributed by atoms with Crippen molar-refractivity contribution in [3.05, 3.63) is 99.1 Å². The first-order chi connectivity index (χ1) is 15.4. The highest BCUT2D eigenvalue weighted by Crippen LogP contribution is 2.35. The molecule has 2 amide bonds. The third kappa shape index (κ3) is 4.09. The summed E-state index contributed by atoms with van der Waals surface area (Å²) in [6.45, 7) is 2.01. The van der Waals surface area contributed by atoms with Crippen molar-refractivity contribution in [2.24, 2.45) is 7.05 Å². The van der Waals surface area contributed by atoms with Crippen LogP contribution in [0, 0.1) is 12.7 Å². The quantitative estimate of drug-likeness (QED) is 0.424. The van der Waals surface area contributed by atoms with Gasteiger partial charge in [0.25, 0.3) is 5.56 Å². The maximum Gasteiger partial charge on any atom is 0.320 e. The zero-order valence-corrected chi connectivity index (χ0v) is 18.3. The van der Waals surface area contributed by atoms with Gasteiger partial charge in [0.1, 0.15) is 11.6 Å². The number of aromatic nitrogens is 1. The summed E-state index contributed by atoms with van der Waals surface area (Å²) in [5.41, 5.74) is 2.58. The zero-order valence-electron chi connectivity index (χ0n) is 17.6. The summed E-state index contributed by atoms with van der Waals surface area (Å²) in [5.74, 6) is -0.0348. The Hall–Kier alpha value is -3.64. The molecule has 0 saturated carbocycles. The lowest BCUT2D eigenvalue weighted by Crippen LogP contribution is -2.32. The normalized spacial score (nSPS) is 10.9. The number of pyridine rings is 1. The molecule has 32 heavy (non-hydrogen) atoms. The maximum absolute atomic E-state index is 13.8. The highest BCUT2D eigenvalue weighted by Gasteiger charge is 2.19. The molecule has 0 unspecified atom stereocenters. The van der Waals surface area contributed by atoms with Crippen LogP contribution in [0.3, 0.4) is 0 Å². The van der Waals surface area contributed by atoms with Crippen LogP contribution in [0.1, 0.15) is 11.1 Å². The monoisotopic (exact) mass is 449 g/mol. The molecular formula is C25H21ClFN3O2. The second-order valence-electron chi connectivity index (χ2n) is 7.49. The van der Waals surface area contributed by atoms with Gasteiger partial charge in [0.05, 0.1) is 0 Å². The van der Waals surface area contributed by atoms with Crippen LogP contribution in [0.15, 0.2) is 71.5 Å². The van der Waals surface area contributed by atoms with Crippen molar-refractivity contribution in [2.75, 3.05) is 5.32 Å². The Kier molecular flexibility index (Phi) is 5.97. The van der Waals surface area contributed by atoms with Crippen LogP contribution >= 0.6 is 11.6 Å². The Morgan fingerprint density at radius 2 is 1.72 bits per heavy atom. The van der Waals surface area contributed by atoms with E-state index in [4.69, 9.17) is 11.6 Å². The van der Waals surface area contributed by atoms with E-state index < -0.39 is 6.03 Å². The molecule has 0 saturated heterocycles. The SMILES string of the molecule is Cc1cc(F)ccc1-c1c(NC(=O)NCc2ccccc2Cl)n(C)c(=O)c2ccccc12. The van der Waals surface area contributed by atoms with Gasteiger partial charge in [-0.2, -0.15) is 0 Å². The molecule has 1 aromatic heterocycles. The Morgan fingerprint density at radius 3 is 2.44 bits per heavy atom. The van der Waals surface area contributed by atoms with Gasteiger partial charge in [-0.05, 0) is 53.3 Å². The number of benzene rings is 3. The molecule has 0 fully saturated rings. The van der Waals surface area contributed by atoms with Crippen molar-refractivity contribution in [1.82, 2.24) is 9.88 Å². The van der Waals surface area contributed by atoms with Crippen LogP contribution in [0.4, 0.5) is 15.0 Å². The van der Waals surface area contributed by atoms with Crippen molar-refractivity contribution < 1.29 is 9.18 Å². The second-order valence-corrected chi connectivity index (χ2v) is 7.90. The van der Waals surface area contributed by atoms with Crippen molar-refractivity contribution in [1.29, 1.82) is 0 Å². The number of halogens is 2. The van der Waals surface area contributed by atoms with E-state index in [0.717, 1.165) is 11.1 Å². The molecule has 0 radical (unpaired) electrons. The number of nitrogens with zero attached hydrogens (tertiary/aromatic N) is 1. The number of carbonyl (C=O) groups is 1. The molecule has 0 aliphatic heterocycles. The Morgan fingerprint density at radius 1 is 1.03 bits per heavy atom. The fraction of sp³-hybridized carbons (Fsp3) is 0.120. The summed E-state index contributed by atoms with van der Waals surface area (Å²) in [7, 11) is 1.60. The lowest BCUT2D eigenvalue weighted by atomic mass is 9.95. The molecule has 0 bridgehead atoms. The minimum Gasteiger partial charge on any atom is -0.334 e. The number of nitrogens with one attached hydrogen (secondary N) is 2. The van der Waals surface area contributed by atoms with Gasteiger partial charge in [0, 0.05) is 29.6 Å². The number of amides is 2. The lowest BCUT2D eigenvalue weighted by molar-refractivity contribution is 0.251. The van der Waals surface area contributed by atoms with E-state index in [1.165, 1.54) is 16.7 Å². The summed E-state index contributed by atoms with van der Waals surface area (Å²) in [6, 6.07) is 18.3. The number of carbonyl (C=O) groups excluding carboxylic acids is 1. The summed E-state index contributed by atoms with van der Waals surface area (Å²) < 4.78 is 15.2. The van der Waals surface area contributed by atoms with Gasteiger partial charge in [-0.3, -0.25) is 14.7 Å². The smallest absolute Gasteiger partial charge is 0.320 e. The van der Waals surface area contributed by atoms with Gasteiger partial charge in [-0.1, -0.05) is 54.1 Å². The first-order valence-electron chi connectivity index (χ1n) is 10.0. The Bertz CT molecular complexity index is 1400. The number of aryl methyl sites for hydroxylation is 1. The average molecular weight is 450 g/mol. The fourth-order valence-corrected chi connectivity index (χ4v) is 3.96. The number of anilines is 1. The second kappa shape index (κ2) is 8.85. The van der Waals surface area contributed by atoms with Crippen LogP contribution in [-0.4, -0.2) is 10.6 Å². The number of urea groups is 1. The van der Waals surface area contributed by atoms with E-state index in [-0.39, 0.29) is 17.9 Å². The van der Waals surface area contributed by atoms with Gasteiger partial charge >= 0.3 is 6.03 Å². The molecule has 4 rings (SSSR count). The predicted octanol–water partition coefficient (Wildman–Crippen LogP) is 5.63. The fourth-order valence-electron chi connectivity index (χ4n) is 3.76. The van der Waals surface area contributed by atoms with E-state index in [9.17, 15) is 14.0 Å². The van der Waals surface area contributed by atoms with Crippen LogP contribution in [0.5, 0.6) is 0 Å². The van der Waals surface area contributed by atoms with Gasteiger partial charge in [0.2, 0.25) is 0 Å². The molecule has 162 valence electrons. The number of hydrogen-bond donors (Lipinski definition) is 2. The summed E-state index contributed by atoms with van der Waals surface area (Å²) >= 11 is 6.17. The third-order valence-corrected chi connectivity index (χ3v) is 5.76. The largest absolute Gasteiger partial charge is 0.334 e. The molecule has 4 aromatic rings. The minimum atomic E-state index is -0.490. The lowest BCUT2D eigenvalue weighted by Gasteiger charge is -2.19. The molecule has 1 heterocycles. The van der Waals surface area contributed by atoms with E-state index in [1.807, 2.05) is 30.3 Å². The standard InChI is InChI=1S/C25H21ClFN3O2/c1-15-13-17(27)11-12-18(15)22-19-8-4-5-9-20(19)24(31)30(2)23(22)29-25(32)28-14-16-7-3-6-10-21(16)26/h3-13H,14H2,1-2H3,(H2,28,29,32). The van der Waals surface area contributed by atoms with Gasteiger partial charge in [0.15, 0.2) is 0 Å². The first-order valence-corrected chi connectivity index (χ1v) is 10.4. The van der Waals surface area contributed by atoms with Crippen LogP contribution < -0.4 is 16.2 Å². The maximum atomic E-state index is 13.8. The first kappa shape index (κ1) is 21.6. The Balaban J connectivity index is 1.80. The molecule has 0 aliphatic rings. The predicted molar refractivity (Wildman–Crippen MR) is 127 cm³/mol. The van der Waals surface area contributed by atoms with Gasteiger partial charge in [-0.25, -0.2) is 9.18 Å². The highest BCUT2D eigenvalue weighted by molar-refractivity contribution is 6.31. The van der Waals surface area contributed by atoms with Crippen molar-refractivity contribution in [3.63, 3.8) is 0 Å². The Labute approximate surface area is 189 Å². The topological polar surface area (TPSA) is 63.1 Å². The van der Waals surface area contributed by atoms with Crippen LogP contribution in [0.25, 0.3) is 21.9 Å². The highest BCUT2D eigenvalue weighted by atomic mass is 35.5. The van der Waals surface area contributed by atoms with Crippen molar-refractivity contribution in [3.8, 4) is 11.1 Å². The zero-order chi connectivity index (χ0) is 22.8. The molecule has 7 heteroatoms. The number of fused-ring (bicyclic) bond motifs is 1. The van der Waals surface area contributed by atoms with Crippen molar-refractivity contribution >= 4 is 34.2 Å². The number of rotatable bonds is 4. The summed E-state index contributed by atoms with van der Waals surface area (Å²) in [5, 5.41) is 7.33. The van der Waals surface area contributed by atoms with E-state index in [0.29, 0.717) is 32.7 Å². The molecule has 5 nitrogen and oxygen atoms in total. The van der Waals surface area contributed by atoms with Crippen LogP contribution in [-0.2, 0) is 13.6 Å². The molecule has 0 atom stereocenters. The van der Waals surface area contributed by atoms with E-state index >= 15 is 0 Å². The average Bonchev–Trinajstić information content (AvgIpc) is 2.78. The molecular weight excluding hydrogens is 429 g/mol. The summed E-state index contributed by atoms with van der Waals surface area (Å²) in [6.07, 6.45) is 0. The van der Waals surface area contributed by atoms with Gasteiger partial charge in [-0.15, -0.1) is 0 Å². The van der Waals surface area contributed by atoms with Crippen LogP contribution in [0.2, 0.25) is 5.02 Å². The molecule has 3 aromatic carbocycles. The number of hydrogen-bond acceptors (Lipinski definition) is 2. The summed E-state index contributed by atoms with van der Waals surface area (Å²) in [4.78, 5) is 25.8. The molecule has 0 aliphatic carbocycles. The third-order valence-electron chi connectivity index (χ3n) is 5.39. The molecule has 2 N–H and O–H groups in total.